The maximum atomic E-state index is 3.76. The lowest BCUT2D eigenvalue weighted by atomic mass is 9.89. The summed E-state index contributed by atoms with van der Waals surface area (Å²) in [7, 11) is 0. The van der Waals surface area contributed by atoms with Crippen LogP contribution < -0.4 is 0 Å². The molecule has 0 nitrogen and oxygen atoms in total. The van der Waals surface area contributed by atoms with Crippen LogP contribution in [0, 0.1) is 5.92 Å². The van der Waals surface area contributed by atoms with Gasteiger partial charge >= 0.3 is 0 Å². The number of benzene rings is 1. The SMILES string of the molecule is C=CCC1C=CC(c2ccccc2)C=C1. The van der Waals surface area contributed by atoms with Crippen molar-refractivity contribution in [2.45, 2.75) is 12.3 Å². The van der Waals surface area contributed by atoms with Crippen molar-refractivity contribution in [2.75, 3.05) is 0 Å². The van der Waals surface area contributed by atoms with Gasteiger partial charge in [-0.1, -0.05) is 60.7 Å². The minimum atomic E-state index is 0.451. The van der Waals surface area contributed by atoms with Gasteiger partial charge in [0, 0.05) is 5.92 Å². The molecular formula is C15H16. The van der Waals surface area contributed by atoms with Gasteiger partial charge in [0.05, 0.1) is 0 Å². The highest BCUT2D eigenvalue weighted by Crippen LogP contribution is 2.25. The lowest BCUT2D eigenvalue weighted by Gasteiger charge is -2.15. The van der Waals surface area contributed by atoms with Gasteiger partial charge in [0.2, 0.25) is 0 Å². The van der Waals surface area contributed by atoms with E-state index in [2.05, 4.69) is 61.2 Å². The summed E-state index contributed by atoms with van der Waals surface area (Å²) in [6, 6.07) is 10.6. The van der Waals surface area contributed by atoms with Crippen LogP contribution in [0.5, 0.6) is 0 Å². The van der Waals surface area contributed by atoms with Crippen LogP contribution >= 0.6 is 0 Å². The van der Waals surface area contributed by atoms with Crippen molar-refractivity contribution < 1.29 is 0 Å². The van der Waals surface area contributed by atoms with Gasteiger partial charge in [0.1, 0.15) is 0 Å². The second-order valence-corrected chi connectivity index (χ2v) is 3.89. The summed E-state index contributed by atoms with van der Waals surface area (Å²) in [6.45, 7) is 3.76. The van der Waals surface area contributed by atoms with Crippen LogP contribution in [0.3, 0.4) is 0 Å². The van der Waals surface area contributed by atoms with E-state index in [1.165, 1.54) is 5.56 Å². The average Bonchev–Trinajstić information content (AvgIpc) is 2.32. The Morgan fingerprint density at radius 2 is 1.67 bits per heavy atom. The molecule has 76 valence electrons. The second-order valence-electron chi connectivity index (χ2n) is 3.89. The summed E-state index contributed by atoms with van der Waals surface area (Å²) in [6.07, 6.45) is 12.1. The maximum Gasteiger partial charge on any atom is 0.0199 e. The molecule has 0 N–H and O–H groups in total. The van der Waals surface area contributed by atoms with Gasteiger partial charge in [-0.25, -0.2) is 0 Å². The molecule has 0 radical (unpaired) electrons. The van der Waals surface area contributed by atoms with Crippen molar-refractivity contribution in [3.63, 3.8) is 0 Å². The Morgan fingerprint density at radius 1 is 1.00 bits per heavy atom. The monoisotopic (exact) mass is 196 g/mol. The van der Waals surface area contributed by atoms with Gasteiger partial charge in [-0.3, -0.25) is 0 Å². The summed E-state index contributed by atoms with van der Waals surface area (Å²) in [5, 5.41) is 0. The van der Waals surface area contributed by atoms with E-state index in [1.54, 1.807) is 0 Å². The van der Waals surface area contributed by atoms with Gasteiger partial charge in [-0.05, 0) is 17.9 Å². The number of hydrogen-bond donors (Lipinski definition) is 0. The number of allylic oxidation sites excluding steroid dienone is 5. The second kappa shape index (κ2) is 4.79. The molecular weight excluding hydrogens is 180 g/mol. The summed E-state index contributed by atoms with van der Waals surface area (Å²) in [5.41, 5.74) is 1.36. The Morgan fingerprint density at radius 3 is 2.27 bits per heavy atom. The molecule has 0 aliphatic heterocycles. The summed E-state index contributed by atoms with van der Waals surface area (Å²) in [5.74, 6) is 0.995. The van der Waals surface area contributed by atoms with E-state index in [0.717, 1.165) is 6.42 Å². The molecule has 0 saturated carbocycles. The first kappa shape index (κ1) is 9.97. The van der Waals surface area contributed by atoms with Crippen LogP contribution in [0.15, 0.2) is 67.3 Å². The molecule has 0 unspecified atom stereocenters. The van der Waals surface area contributed by atoms with Crippen molar-refractivity contribution in [3.05, 3.63) is 72.9 Å². The Balaban J connectivity index is 2.08. The van der Waals surface area contributed by atoms with E-state index in [1.807, 2.05) is 6.08 Å². The molecule has 0 fully saturated rings. The molecule has 15 heavy (non-hydrogen) atoms. The smallest absolute Gasteiger partial charge is 0.0199 e. The van der Waals surface area contributed by atoms with Crippen molar-refractivity contribution in [1.82, 2.24) is 0 Å². The molecule has 1 aromatic rings. The number of rotatable bonds is 3. The molecule has 0 heterocycles. The molecule has 2 rings (SSSR count). The fraction of sp³-hybridized carbons (Fsp3) is 0.200. The highest BCUT2D eigenvalue weighted by atomic mass is 14.1. The molecule has 1 aliphatic rings. The number of hydrogen-bond acceptors (Lipinski definition) is 0. The largest absolute Gasteiger partial charge is 0.103 e. The highest BCUT2D eigenvalue weighted by molar-refractivity contribution is 5.31. The first-order valence-electron chi connectivity index (χ1n) is 5.42. The molecule has 0 aromatic heterocycles. The van der Waals surface area contributed by atoms with Crippen molar-refractivity contribution in [2.24, 2.45) is 5.92 Å². The van der Waals surface area contributed by atoms with Gasteiger partial charge < -0.3 is 0 Å². The zero-order valence-corrected chi connectivity index (χ0v) is 8.84. The van der Waals surface area contributed by atoms with E-state index in [9.17, 15) is 0 Å². The van der Waals surface area contributed by atoms with Gasteiger partial charge in [-0.15, -0.1) is 6.58 Å². The molecule has 0 atom stereocenters. The van der Waals surface area contributed by atoms with Crippen LogP contribution in [0.4, 0.5) is 0 Å². The van der Waals surface area contributed by atoms with Crippen molar-refractivity contribution in [3.8, 4) is 0 Å². The fourth-order valence-electron chi connectivity index (χ4n) is 1.90. The quantitative estimate of drug-likeness (QED) is 0.639. The molecule has 0 amide bonds. The van der Waals surface area contributed by atoms with Gasteiger partial charge in [-0.2, -0.15) is 0 Å². The Kier molecular flexibility index (Phi) is 3.18. The normalized spacial score (nSPS) is 24.0. The highest BCUT2D eigenvalue weighted by Gasteiger charge is 2.09. The standard InChI is InChI=1S/C15H16/c1-2-6-13-9-11-15(12-10-13)14-7-4-3-5-8-14/h2-5,7-13,15H,1,6H2. The van der Waals surface area contributed by atoms with Gasteiger partial charge in [0.25, 0.3) is 0 Å². The van der Waals surface area contributed by atoms with E-state index in [4.69, 9.17) is 0 Å². The zero-order valence-electron chi connectivity index (χ0n) is 8.84. The molecule has 0 bridgehead atoms. The molecule has 0 saturated heterocycles. The predicted octanol–water partition coefficient (Wildman–Crippen LogP) is 4.09. The molecule has 0 heteroatoms. The summed E-state index contributed by atoms with van der Waals surface area (Å²) >= 11 is 0. The van der Waals surface area contributed by atoms with E-state index < -0.39 is 0 Å². The molecule has 0 spiro atoms. The van der Waals surface area contributed by atoms with Crippen LogP contribution in [-0.2, 0) is 0 Å². The average molecular weight is 196 g/mol. The van der Waals surface area contributed by atoms with Crippen LogP contribution in [0.1, 0.15) is 17.9 Å². The Labute approximate surface area is 91.6 Å². The van der Waals surface area contributed by atoms with Crippen LogP contribution in [0.25, 0.3) is 0 Å². The van der Waals surface area contributed by atoms with Crippen molar-refractivity contribution >= 4 is 0 Å². The first-order chi connectivity index (χ1) is 7.40. The van der Waals surface area contributed by atoms with E-state index >= 15 is 0 Å². The van der Waals surface area contributed by atoms with Crippen molar-refractivity contribution in [1.29, 1.82) is 0 Å². The lowest BCUT2D eigenvalue weighted by Crippen LogP contribution is -2.00. The Hall–Kier alpha value is -1.56. The van der Waals surface area contributed by atoms with Crippen LogP contribution in [-0.4, -0.2) is 0 Å². The fourth-order valence-corrected chi connectivity index (χ4v) is 1.90. The van der Waals surface area contributed by atoms with E-state index in [0.29, 0.717) is 11.8 Å². The maximum absolute atomic E-state index is 3.76. The third kappa shape index (κ3) is 2.47. The minimum absolute atomic E-state index is 0.451. The molecule has 1 aromatic carbocycles. The topological polar surface area (TPSA) is 0 Å². The zero-order chi connectivity index (χ0) is 10.5. The summed E-state index contributed by atoms with van der Waals surface area (Å²) in [4.78, 5) is 0. The Bertz CT molecular complexity index is 356. The van der Waals surface area contributed by atoms with Gasteiger partial charge in [0.15, 0.2) is 0 Å². The third-order valence-electron chi connectivity index (χ3n) is 2.75. The van der Waals surface area contributed by atoms with E-state index in [-0.39, 0.29) is 0 Å². The third-order valence-corrected chi connectivity index (χ3v) is 2.75. The molecule has 1 aliphatic carbocycles. The lowest BCUT2D eigenvalue weighted by molar-refractivity contribution is 0.799. The van der Waals surface area contributed by atoms with Crippen LogP contribution in [0.2, 0.25) is 0 Å². The predicted molar refractivity (Wildman–Crippen MR) is 65.8 cm³/mol. The summed E-state index contributed by atoms with van der Waals surface area (Å²) < 4.78 is 0. The minimum Gasteiger partial charge on any atom is -0.103 e. The first-order valence-corrected chi connectivity index (χ1v) is 5.42.